The highest BCUT2D eigenvalue weighted by Crippen LogP contribution is 2.44. The zero-order valence-corrected chi connectivity index (χ0v) is 13.9. The van der Waals surface area contributed by atoms with E-state index in [1.54, 1.807) is 7.11 Å². The average molecular weight is 319 g/mol. The summed E-state index contributed by atoms with van der Waals surface area (Å²) in [6.07, 6.45) is 3.01. The number of hydrogen-bond donors (Lipinski definition) is 1. The predicted octanol–water partition coefficient (Wildman–Crippen LogP) is 2.17. The monoisotopic (exact) mass is 319 g/mol. The number of carbonyl (C=O) groups is 1. The van der Waals surface area contributed by atoms with Crippen LogP contribution in [0.2, 0.25) is 0 Å². The summed E-state index contributed by atoms with van der Waals surface area (Å²) in [6, 6.07) is 6.41. The highest BCUT2D eigenvalue weighted by Gasteiger charge is 2.47. The Morgan fingerprint density at radius 1 is 1.48 bits per heavy atom. The van der Waals surface area contributed by atoms with Crippen LogP contribution in [-0.4, -0.2) is 38.9 Å². The molecule has 0 aromatic heterocycles. The van der Waals surface area contributed by atoms with Gasteiger partial charge in [0.1, 0.15) is 11.4 Å². The maximum Gasteiger partial charge on any atom is 0.305 e. The first-order valence-corrected chi connectivity index (χ1v) is 8.40. The van der Waals surface area contributed by atoms with Crippen molar-refractivity contribution in [2.45, 2.75) is 44.2 Å². The van der Waals surface area contributed by atoms with Crippen molar-refractivity contribution in [3.05, 3.63) is 29.3 Å². The Labute approximate surface area is 137 Å². The van der Waals surface area contributed by atoms with Crippen LogP contribution >= 0.6 is 0 Å². The van der Waals surface area contributed by atoms with Crippen molar-refractivity contribution >= 4 is 5.97 Å². The lowest BCUT2D eigenvalue weighted by Crippen LogP contribution is -2.58. The van der Waals surface area contributed by atoms with Crippen LogP contribution in [0.3, 0.4) is 0 Å². The summed E-state index contributed by atoms with van der Waals surface area (Å²) in [5, 5.41) is 3.58. The van der Waals surface area contributed by atoms with Crippen LogP contribution in [0.15, 0.2) is 18.2 Å². The SMILES string of the molecule is CCOC(=O)CCC12OCCNC1CCc1cc(OC)ccc12. The molecule has 2 atom stereocenters. The zero-order valence-electron chi connectivity index (χ0n) is 13.9. The van der Waals surface area contributed by atoms with Gasteiger partial charge in [0.25, 0.3) is 0 Å². The van der Waals surface area contributed by atoms with E-state index in [-0.39, 0.29) is 12.0 Å². The minimum atomic E-state index is -0.440. The minimum absolute atomic E-state index is 0.157. The molecule has 1 fully saturated rings. The van der Waals surface area contributed by atoms with Crippen molar-refractivity contribution in [2.75, 3.05) is 26.9 Å². The molecule has 1 heterocycles. The van der Waals surface area contributed by atoms with Crippen molar-refractivity contribution in [3.8, 4) is 5.75 Å². The number of fused-ring (bicyclic) bond motifs is 3. The second kappa shape index (κ2) is 6.89. The number of esters is 1. The van der Waals surface area contributed by atoms with Crippen LogP contribution in [0.1, 0.15) is 37.3 Å². The fraction of sp³-hybridized carbons (Fsp3) is 0.611. The first-order valence-electron chi connectivity index (χ1n) is 8.40. The Hall–Kier alpha value is -1.59. The molecular formula is C18H25NO4. The Morgan fingerprint density at radius 3 is 3.13 bits per heavy atom. The lowest BCUT2D eigenvalue weighted by atomic mass is 9.72. The molecule has 5 heteroatoms. The third kappa shape index (κ3) is 3.08. The number of ether oxygens (including phenoxy) is 3. The van der Waals surface area contributed by atoms with Gasteiger partial charge in [-0.3, -0.25) is 4.79 Å². The van der Waals surface area contributed by atoms with Crippen LogP contribution in [0.25, 0.3) is 0 Å². The van der Waals surface area contributed by atoms with Gasteiger partial charge in [-0.15, -0.1) is 0 Å². The van der Waals surface area contributed by atoms with Gasteiger partial charge in [-0.25, -0.2) is 0 Å². The van der Waals surface area contributed by atoms with Crippen LogP contribution in [0.4, 0.5) is 0 Å². The topological polar surface area (TPSA) is 56.8 Å². The number of carbonyl (C=O) groups excluding carboxylic acids is 1. The fourth-order valence-corrected chi connectivity index (χ4v) is 3.85. The normalized spacial score (nSPS) is 26.1. The molecule has 1 saturated heterocycles. The molecule has 0 spiro atoms. The van der Waals surface area contributed by atoms with E-state index in [0.717, 1.165) is 25.1 Å². The zero-order chi connectivity index (χ0) is 16.3. The van der Waals surface area contributed by atoms with E-state index in [0.29, 0.717) is 26.1 Å². The third-order valence-electron chi connectivity index (χ3n) is 4.89. The molecule has 1 N–H and O–H groups in total. The van der Waals surface area contributed by atoms with Gasteiger partial charge in [-0.05, 0) is 49.4 Å². The van der Waals surface area contributed by atoms with Crippen LogP contribution < -0.4 is 10.1 Å². The highest BCUT2D eigenvalue weighted by atomic mass is 16.5. The second-order valence-corrected chi connectivity index (χ2v) is 6.11. The van der Waals surface area contributed by atoms with Gasteiger partial charge in [0, 0.05) is 19.0 Å². The molecule has 0 radical (unpaired) electrons. The molecular weight excluding hydrogens is 294 g/mol. The summed E-state index contributed by atoms with van der Waals surface area (Å²) in [6.45, 7) is 3.77. The number of benzene rings is 1. The molecule has 2 unspecified atom stereocenters. The largest absolute Gasteiger partial charge is 0.497 e. The van der Waals surface area contributed by atoms with E-state index in [1.165, 1.54) is 11.1 Å². The first kappa shape index (κ1) is 16.3. The summed E-state index contributed by atoms with van der Waals surface area (Å²) >= 11 is 0. The Bertz CT molecular complexity index is 574. The molecule has 0 bridgehead atoms. The molecule has 23 heavy (non-hydrogen) atoms. The van der Waals surface area contributed by atoms with E-state index >= 15 is 0 Å². The maximum absolute atomic E-state index is 11.9. The maximum atomic E-state index is 11.9. The first-order chi connectivity index (χ1) is 11.2. The molecule has 3 rings (SSSR count). The van der Waals surface area contributed by atoms with Crippen molar-refractivity contribution in [1.29, 1.82) is 0 Å². The Morgan fingerprint density at radius 2 is 2.35 bits per heavy atom. The lowest BCUT2D eigenvalue weighted by molar-refractivity contribution is -0.149. The van der Waals surface area contributed by atoms with Gasteiger partial charge in [-0.1, -0.05) is 6.07 Å². The van der Waals surface area contributed by atoms with Crippen molar-refractivity contribution in [1.82, 2.24) is 5.32 Å². The van der Waals surface area contributed by atoms with E-state index < -0.39 is 5.60 Å². The number of morpholine rings is 1. The molecule has 126 valence electrons. The van der Waals surface area contributed by atoms with E-state index in [9.17, 15) is 4.79 Å². The molecule has 1 aliphatic heterocycles. The predicted molar refractivity (Wildman–Crippen MR) is 86.6 cm³/mol. The van der Waals surface area contributed by atoms with Crippen molar-refractivity contribution in [3.63, 3.8) is 0 Å². The summed E-state index contributed by atoms with van der Waals surface area (Å²) in [7, 11) is 1.68. The minimum Gasteiger partial charge on any atom is -0.497 e. The lowest BCUT2D eigenvalue weighted by Gasteiger charge is -2.48. The van der Waals surface area contributed by atoms with E-state index in [2.05, 4.69) is 17.4 Å². The Kier molecular flexibility index (Phi) is 4.87. The van der Waals surface area contributed by atoms with E-state index in [4.69, 9.17) is 14.2 Å². The smallest absolute Gasteiger partial charge is 0.305 e. The van der Waals surface area contributed by atoms with Gasteiger partial charge in [0.2, 0.25) is 0 Å². The summed E-state index contributed by atoms with van der Waals surface area (Å²) < 4.78 is 16.7. The molecule has 2 aliphatic rings. The quantitative estimate of drug-likeness (QED) is 0.843. The highest BCUT2D eigenvalue weighted by molar-refractivity contribution is 5.69. The molecule has 1 aliphatic carbocycles. The third-order valence-corrected chi connectivity index (χ3v) is 4.89. The number of aryl methyl sites for hydroxylation is 1. The van der Waals surface area contributed by atoms with Crippen LogP contribution in [0, 0.1) is 0 Å². The van der Waals surface area contributed by atoms with Crippen LogP contribution in [-0.2, 0) is 26.3 Å². The molecule has 0 saturated carbocycles. The number of nitrogens with one attached hydrogen (secondary N) is 1. The standard InChI is InChI=1S/C18H25NO4/c1-3-22-17(20)8-9-18-15-6-5-14(21-2)12-13(15)4-7-16(18)19-10-11-23-18/h5-6,12,16,19H,3-4,7-11H2,1-2H3. The van der Waals surface area contributed by atoms with Gasteiger partial charge < -0.3 is 19.5 Å². The Balaban J connectivity index is 1.91. The molecule has 1 aromatic carbocycles. The van der Waals surface area contributed by atoms with E-state index in [1.807, 2.05) is 13.0 Å². The number of methoxy groups -OCH3 is 1. The number of rotatable bonds is 5. The second-order valence-electron chi connectivity index (χ2n) is 6.11. The van der Waals surface area contributed by atoms with Crippen LogP contribution in [0.5, 0.6) is 5.75 Å². The number of hydrogen-bond acceptors (Lipinski definition) is 5. The molecule has 5 nitrogen and oxygen atoms in total. The van der Waals surface area contributed by atoms with Gasteiger partial charge in [-0.2, -0.15) is 0 Å². The van der Waals surface area contributed by atoms with Crippen molar-refractivity contribution in [2.24, 2.45) is 0 Å². The van der Waals surface area contributed by atoms with Gasteiger partial charge >= 0.3 is 5.97 Å². The molecule has 0 amide bonds. The summed E-state index contributed by atoms with van der Waals surface area (Å²) in [4.78, 5) is 11.9. The van der Waals surface area contributed by atoms with Gasteiger partial charge in [0.05, 0.1) is 20.3 Å². The average Bonchev–Trinajstić information content (AvgIpc) is 2.59. The summed E-state index contributed by atoms with van der Waals surface area (Å²) in [5.74, 6) is 0.710. The van der Waals surface area contributed by atoms with Gasteiger partial charge in [0.15, 0.2) is 0 Å². The fourth-order valence-electron chi connectivity index (χ4n) is 3.85. The summed E-state index contributed by atoms with van der Waals surface area (Å²) in [5.41, 5.74) is 2.00. The van der Waals surface area contributed by atoms with Crippen molar-refractivity contribution < 1.29 is 19.0 Å². The molecule has 1 aromatic rings.